The zero-order chi connectivity index (χ0) is 18.4. The molecule has 1 aromatic heterocycles. The highest BCUT2D eigenvalue weighted by Crippen LogP contribution is 2.22. The molecule has 2 aromatic rings. The maximum atomic E-state index is 12.4. The van der Waals surface area contributed by atoms with Crippen LogP contribution in [0.5, 0.6) is 5.75 Å². The SMILES string of the molecule is CC(Sc1nc(N)cc(N)n1)C(=O)N(C)CCOc1ccc(Cl)cc1. The van der Waals surface area contributed by atoms with Crippen LogP contribution in [0, 0.1) is 0 Å². The molecule has 0 radical (unpaired) electrons. The largest absolute Gasteiger partial charge is 0.492 e. The number of nitrogens with zero attached hydrogens (tertiary/aromatic N) is 3. The number of carbonyl (C=O) groups excluding carboxylic acids is 1. The third-order valence-electron chi connectivity index (χ3n) is 3.26. The number of thioether (sulfide) groups is 1. The molecule has 1 aromatic carbocycles. The first-order chi connectivity index (χ1) is 11.8. The first-order valence-electron chi connectivity index (χ1n) is 7.55. The van der Waals surface area contributed by atoms with Crippen LogP contribution in [0.1, 0.15) is 6.92 Å². The Balaban J connectivity index is 1.82. The Labute approximate surface area is 155 Å². The Hall–Kier alpha value is -2.19. The zero-order valence-corrected chi connectivity index (χ0v) is 15.5. The minimum atomic E-state index is -0.373. The molecule has 0 saturated carbocycles. The van der Waals surface area contributed by atoms with Gasteiger partial charge in [-0.1, -0.05) is 23.4 Å². The molecule has 0 aliphatic rings. The smallest absolute Gasteiger partial charge is 0.235 e. The maximum Gasteiger partial charge on any atom is 0.235 e. The van der Waals surface area contributed by atoms with Crippen molar-refractivity contribution < 1.29 is 9.53 Å². The van der Waals surface area contributed by atoms with E-state index in [-0.39, 0.29) is 22.8 Å². The van der Waals surface area contributed by atoms with Gasteiger partial charge in [-0.05, 0) is 31.2 Å². The summed E-state index contributed by atoms with van der Waals surface area (Å²) >= 11 is 7.03. The van der Waals surface area contributed by atoms with Gasteiger partial charge in [-0.15, -0.1) is 0 Å². The molecule has 1 amide bonds. The van der Waals surface area contributed by atoms with Crippen molar-refractivity contribution in [3.8, 4) is 5.75 Å². The lowest BCUT2D eigenvalue weighted by Gasteiger charge is -2.21. The molecule has 0 fully saturated rings. The summed E-state index contributed by atoms with van der Waals surface area (Å²) in [5.41, 5.74) is 11.3. The molecule has 0 bridgehead atoms. The molecule has 0 aliphatic carbocycles. The van der Waals surface area contributed by atoms with Crippen molar-refractivity contribution >= 4 is 40.9 Å². The fourth-order valence-electron chi connectivity index (χ4n) is 1.97. The Kier molecular flexibility index (Phi) is 6.72. The highest BCUT2D eigenvalue weighted by molar-refractivity contribution is 8.00. The first-order valence-corrected chi connectivity index (χ1v) is 8.81. The van der Waals surface area contributed by atoms with Gasteiger partial charge in [-0.2, -0.15) is 0 Å². The average molecular weight is 382 g/mol. The molecule has 0 spiro atoms. The van der Waals surface area contributed by atoms with Crippen LogP contribution >= 0.6 is 23.4 Å². The van der Waals surface area contributed by atoms with Crippen LogP contribution in [0.4, 0.5) is 11.6 Å². The second-order valence-corrected chi connectivity index (χ2v) is 7.07. The molecule has 4 N–H and O–H groups in total. The highest BCUT2D eigenvalue weighted by atomic mass is 35.5. The van der Waals surface area contributed by atoms with Crippen molar-refractivity contribution in [2.24, 2.45) is 0 Å². The van der Waals surface area contributed by atoms with Crippen LogP contribution in [0.25, 0.3) is 0 Å². The van der Waals surface area contributed by atoms with Gasteiger partial charge in [0, 0.05) is 18.1 Å². The van der Waals surface area contributed by atoms with Crippen molar-refractivity contribution in [1.29, 1.82) is 0 Å². The molecule has 9 heteroatoms. The minimum Gasteiger partial charge on any atom is -0.492 e. The lowest BCUT2D eigenvalue weighted by molar-refractivity contribution is -0.129. The summed E-state index contributed by atoms with van der Waals surface area (Å²) in [6.07, 6.45) is 0. The van der Waals surface area contributed by atoms with Crippen molar-refractivity contribution in [3.05, 3.63) is 35.4 Å². The van der Waals surface area contributed by atoms with Gasteiger partial charge in [0.05, 0.1) is 11.8 Å². The molecular weight excluding hydrogens is 362 g/mol. The Bertz CT molecular complexity index is 709. The molecule has 1 atom stereocenters. The lowest BCUT2D eigenvalue weighted by Crippen LogP contribution is -2.36. The third-order valence-corrected chi connectivity index (χ3v) is 4.46. The van der Waals surface area contributed by atoms with E-state index in [0.29, 0.717) is 29.1 Å². The van der Waals surface area contributed by atoms with Crippen molar-refractivity contribution in [3.63, 3.8) is 0 Å². The molecule has 1 unspecified atom stereocenters. The van der Waals surface area contributed by atoms with Crippen molar-refractivity contribution in [2.75, 3.05) is 31.7 Å². The molecule has 0 aliphatic heterocycles. The molecule has 2 rings (SSSR count). The monoisotopic (exact) mass is 381 g/mol. The van der Waals surface area contributed by atoms with Gasteiger partial charge in [0.2, 0.25) is 5.91 Å². The molecule has 0 saturated heterocycles. The van der Waals surface area contributed by atoms with E-state index in [1.807, 2.05) is 0 Å². The van der Waals surface area contributed by atoms with Crippen molar-refractivity contribution in [1.82, 2.24) is 14.9 Å². The van der Waals surface area contributed by atoms with Crippen LogP contribution in [0.3, 0.4) is 0 Å². The summed E-state index contributed by atoms with van der Waals surface area (Å²) in [6.45, 7) is 2.61. The number of hydrogen-bond donors (Lipinski definition) is 2. The van der Waals surface area contributed by atoms with Gasteiger partial charge >= 0.3 is 0 Å². The van der Waals surface area contributed by atoms with Crippen LogP contribution in [-0.4, -0.2) is 46.2 Å². The summed E-state index contributed by atoms with van der Waals surface area (Å²) in [5, 5.41) is 0.654. The van der Waals surface area contributed by atoms with E-state index in [1.165, 1.54) is 17.8 Å². The predicted octanol–water partition coefficient (Wildman–Crippen LogP) is 2.31. The number of nitrogen functional groups attached to an aromatic ring is 2. The number of anilines is 2. The van der Waals surface area contributed by atoms with Crippen LogP contribution in [0.2, 0.25) is 5.02 Å². The molecular formula is C16H20ClN5O2S. The van der Waals surface area contributed by atoms with Crippen molar-refractivity contribution in [2.45, 2.75) is 17.3 Å². The first kappa shape index (κ1) is 19.1. The van der Waals surface area contributed by atoms with Gasteiger partial charge in [0.15, 0.2) is 5.16 Å². The molecule has 1 heterocycles. The van der Waals surface area contributed by atoms with E-state index in [4.69, 9.17) is 27.8 Å². The standard InChI is InChI=1S/C16H20ClN5O2S/c1-10(25-16-20-13(18)9-14(19)21-16)15(23)22(2)7-8-24-12-5-3-11(17)4-6-12/h3-6,9-10H,7-8H2,1-2H3,(H4,18,19,20,21). The predicted molar refractivity (Wildman–Crippen MR) is 101 cm³/mol. The minimum absolute atomic E-state index is 0.0608. The Morgan fingerprint density at radius 1 is 1.28 bits per heavy atom. The zero-order valence-electron chi connectivity index (χ0n) is 14.0. The third kappa shape index (κ3) is 5.99. The van der Waals surface area contributed by atoms with Gasteiger partial charge in [0.1, 0.15) is 24.0 Å². The number of aromatic nitrogens is 2. The molecule has 7 nitrogen and oxygen atoms in total. The number of hydrogen-bond acceptors (Lipinski definition) is 7. The molecule has 134 valence electrons. The summed E-state index contributed by atoms with van der Waals surface area (Å²) < 4.78 is 5.59. The quantitative estimate of drug-likeness (QED) is 0.559. The van der Waals surface area contributed by atoms with E-state index in [1.54, 1.807) is 43.1 Å². The second-order valence-electron chi connectivity index (χ2n) is 5.32. The number of carbonyl (C=O) groups is 1. The van der Waals surface area contributed by atoms with Crippen LogP contribution < -0.4 is 16.2 Å². The number of likely N-dealkylation sites (N-methyl/N-ethyl adjacent to an activating group) is 1. The number of ether oxygens (including phenoxy) is 1. The Morgan fingerprint density at radius 2 is 1.88 bits per heavy atom. The van der Waals surface area contributed by atoms with Gasteiger partial charge in [-0.3, -0.25) is 4.79 Å². The van der Waals surface area contributed by atoms with E-state index in [0.717, 1.165) is 0 Å². The highest BCUT2D eigenvalue weighted by Gasteiger charge is 2.20. The van der Waals surface area contributed by atoms with Crippen LogP contribution in [0.15, 0.2) is 35.5 Å². The van der Waals surface area contributed by atoms with E-state index in [2.05, 4.69) is 9.97 Å². The fourth-order valence-corrected chi connectivity index (χ4v) is 3.01. The maximum absolute atomic E-state index is 12.4. The van der Waals surface area contributed by atoms with Gasteiger partial charge in [-0.25, -0.2) is 9.97 Å². The second kappa shape index (κ2) is 8.77. The van der Waals surface area contributed by atoms with Gasteiger partial charge in [0.25, 0.3) is 0 Å². The van der Waals surface area contributed by atoms with Gasteiger partial charge < -0.3 is 21.1 Å². The summed E-state index contributed by atoms with van der Waals surface area (Å²) in [4.78, 5) is 22.2. The van der Waals surface area contributed by atoms with E-state index in [9.17, 15) is 4.79 Å². The normalized spacial score (nSPS) is 11.8. The summed E-state index contributed by atoms with van der Waals surface area (Å²) in [5.74, 6) is 1.20. The van der Waals surface area contributed by atoms with E-state index < -0.39 is 0 Å². The average Bonchev–Trinajstić information content (AvgIpc) is 2.54. The number of benzene rings is 1. The number of amides is 1. The summed E-state index contributed by atoms with van der Waals surface area (Å²) in [7, 11) is 1.72. The Morgan fingerprint density at radius 3 is 2.48 bits per heavy atom. The summed E-state index contributed by atoms with van der Waals surface area (Å²) in [6, 6.07) is 8.54. The number of nitrogens with two attached hydrogens (primary N) is 2. The van der Waals surface area contributed by atoms with Crippen LogP contribution in [-0.2, 0) is 4.79 Å². The number of halogens is 1. The topological polar surface area (TPSA) is 107 Å². The lowest BCUT2D eigenvalue weighted by atomic mass is 10.3. The molecule has 25 heavy (non-hydrogen) atoms. The number of rotatable bonds is 7. The van der Waals surface area contributed by atoms with E-state index >= 15 is 0 Å². The fraction of sp³-hybridized carbons (Fsp3) is 0.312.